The minimum absolute atomic E-state index is 0.0191. The number of benzene rings is 3. The summed E-state index contributed by atoms with van der Waals surface area (Å²) in [5.41, 5.74) is 7.99. The van der Waals surface area contributed by atoms with E-state index in [2.05, 4.69) is 15.0 Å². The van der Waals surface area contributed by atoms with E-state index in [-0.39, 0.29) is 28.3 Å². The minimum atomic E-state index is -3.07. The lowest BCUT2D eigenvalue weighted by atomic mass is 10.0. The predicted molar refractivity (Wildman–Crippen MR) is 137 cm³/mol. The van der Waals surface area contributed by atoms with E-state index in [0.717, 1.165) is 6.92 Å². The number of allylic oxidation sites excluding steroid dienone is 1. The number of nitrogens with two attached hydrogens (primary N) is 1. The summed E-state index contributed by atoms with van der Waals surface area (Å²) in [6, 6.07) is 18.7. The maximum absolute atomic E-state index is 13.7. The van der Waals surface area contributed by atoms with Gasteiger partial charge in [0.25, 0.3) is 11.8 Å². The number of aliphatic imine (C=N–C) groups is 1. The lowest BCUT2D eigenvalue weighted by Crippen LogP contribution is -2.24. The highest BCUT2D eigenvalue weighted by atomic mass is 19.3. The van der Waals surface area contributed by atoms with Gasteiger partial charge < -0.3 is 15.8 Å². The van der Waals surface area contributed by atoms with Gasteiger partial charge in [-0.2, -0.15) is 8.78 Å². The SMILES string of the molecule is CCC(=Nc1ccc(OC(F)F)c(-c2ccccc2)c1)C(C(=O)Nc1cccc(C(C)(F)F)c1)=C(C)N. The summed E-state index contributed by atoms with van der Waals surface area (Å²) in [6.07, 6.45) is 0.306. The topological polar surface area (TPSA) is 76.7 Å². The fourth-order valence-electron chi connectivity index (χ4n) is 3.70. The first-order chi connectivity index (χ1) is 17.5. The molecular formula is C28H27F4N3O2. The Hall–Kier alpha value is -4.14. The van der Waals surface area contributed by atoms with Crippen molar-refractivity contribution >= 4 is 23.0 Å². The highest BCUT2D eigenvalue weighted by Gasteiger charge is 2.25. The largest absolute Gasteiger partial charge is 0.434 e. The summed E-state index contributed by atoms with van der Waals surface area (Å²) in [6.45, 7) is 1.07. The number of hydrogen-bond donors (Lipinski definition) is 2. The van der Waals surface area contributed by atoms with Crippen molar-refractivity contribution in [1.29, 1.82) is 0 Å². The second-order valence-corrected chi connectivity index (χ2v) is 8.32. The summed E-state index contributed by atoms with van der Waals surface area (Å²) in [5.74, 6) is -3.71. The molecule has 5 nitrogen and oxygen atoms in total. The van der Waals surface area contributed by atoms with E-state index in [0.29, 0.717) is 28.9 Å². The second-order valence-electron chi connectivity index (χ2n) is 8.32. The lowest BCUT2D eigenvalue weighted by Gasteiger charge is -2.15. The quantitative estimate of drug-likeness (QED) is 0.178. The zero-order valence-corrected chi connectivity index (χ0v) is 20.6. The van der Waals surface area contributed by atoms with Gasteiger partial charge in [0.2, 0.25) is 0 Å². The van der Waals surface area contributed by atoms with Crippen LogP contribution in [0.5, 0.6) is 5.75 Å². The van der Waals surface area contributed by atoms with Crippen molar-refractivity contribution in [2.24, 2.45) is 10.7 Å². The first-order valence-corrected chi connectivity index (χ1v) is 11.5. The van der Waals surface area contributed by atoms with Gasteiger partial charge in [-0.05, 0) is 49.2 Å². The van der Waals surface area contributed by atoms with E-state index in [4.69, 9.17) is 5.73 Å². The Bertz CT molecular complexity index is 1310. The van der Waals surface area contributed by atoms with E-state index in [1.54, 1.807) is 43.3 Å². The molecule has 3 aromatic carbocycles. The maximum atomic E-state index is 13.7. The third-order valence-electron chi connectivity index (χ3n) is 5.40. The van der Waals surface area contributed by atoms with Crippen molar-refractivity contribution in [3.63, 3.8) is 0 Å². The number of nitrogens with zero attached hydrogens (tertiary/aromatic N) is 1. The van der Waals surface area contributed by atoms with Crippen molar-refractivity contribution < 1.29 is 27.1 Å². The van der Waals surface area contributed by atoms with Crippen LogP contribution in [0.15, 0.2) is 89.1 Å². The number of anilines is 1. The van der Waals surface area contributed by atoms with Crippen LogP contribution in [0.2, 0.25) is 0 Å². The number of carbonyl (C=O) groups excluding carboxylic acids is 1. The fraction of sp³-hybridized carbons (Fsp3) is 0.214. The van der Waals surface area contributed by atoms with E-state index in [9.17, 15) is 22.4 Å². The smallest absolute Gasteiger partial charge is 0.387 e. The number of amides is 1. The first-order valence-electron chi connectivity index (χ1n) is 11.5. The molecule has 0 aliphatic heterocycles. The normalized spacial score (nSPS) is 12.8. The van der Waals surface area contributed by atoms with Crippen molar-refractivity contribution in [2.45, 2.75) is 39.7 Å². The van der Waals surface area contributed by atoms with Gasteiger partial charge in [0.15, 0.2) is 0 Å². The third kappa shape index (κ3) is 7.19. The molecule has 0 radical (unpaired) electrons. The maximum Gasteiger partial charge on any atom is 0.387 e. The molecule has 0 atom stereocenters. The summed E-state index contributed by atoms with van der Waals surface area (Å²) >= 11 is 0. The second kappa shape index (κ2) is 11.7. The number of carbonyl (C=O) groups is 1. The number of halogens is 4. The molecule has 0 aliphatic rings. The van der Waals surface area contributed by atoms with Gasteiger partial charge in [0, 0.05) is 29.4 Å². The number of hydrogen-bond acceptors (Lipinski definition) is 4. The van der Waals surface area contributed by atoms with Gasteiger partial charge in [-0.25, -0.2) is 8.78 Å². The molecule has 1 amide bonds. The third-order valence-corrected chi connectivity index (χ3v) is 5.40. The highest BCUT2D eigenvalue weighted by molar-refractivity contribution is 6.26. The van der Waals surface area contributed by atoms with E-state index >= 15 is 0 Å². The van der Waals surface area contributed by atoms with Gasteiger partial charge in [-0.15, -0.1) is 0 Å². The van der Waals surface area contributed by atoms with E-state index in [1.807, 2.05) is 0 Å². The monoisotopic (exact) mass is 513 g/mol. The molecule has 9 heteroatoms. The highest BCUT2D eigenvalue weighted by Crippen LogP contribution is 2.35. The van der Waals surface area contributed by atoms with Crippen LogP contribution in [-0.2, 0) is 10.7 Å². The first kappa shape index (κ1) is 27.4. The van der Waals surface area contributed by atoms with Crippen LogP contribution < -0.4 is 15.8 Å². The Morgan fingerprint density at radius 3 is 2.35 bits per heavy atom. The van der Waals surface area contributed by atoms with Crippen LogP contribution in [0.25, 0.3) is 11.1 Å². The molecule has 0 aromatic heterocycles. The van der Waals surface area contributed by atoms with Crippen molar-refractivity contribution in [3.05, 3.63) is 89.6 Å². The lowest BCUT2D eigenvalue weighted by molar-refractivity contribution is -0.112. The van der Waals surface area contributed by atoms with Gasteiger partial charge >= 0.3 is 6.61 Å². The average molecular weight is 514 g/mol. The Morgan fingerprint density at radius 2 is 1.76 bits per heavy atom. The van der Waals surface area contributed by atoms with E-state index < -0.39 is 18.4 Å². The molecule has 37 heavy (non-hydrogen) atoms. The molecule has 0 unspecified atom stereocenters. The van der Waals surface area contributed by atoms with Gasteiger partial charge in [0.1, 0.15) is 5.75 Å². The molecule has 0 fully saturated rings. The van der Waals surface area contributed by atoms with Gasteiger partial charge in [0.05, 0.1) is 17.0 Å². The number of ether oxygens (including phenoxy) is 1. The molecule has 194 valence electrons. The molecule has 3 N–H and O–H groups in total. The molecule has 0 aliphatic carbocycles. The predicted octanol–water partition coefficient (Wildman–Crippen LogP) is 7.42. The molecule has 0 bridgehead atoms. The van der Waals surface area contributed by atoms with Crippen LogP contribution >= 0.6 is 0 Å². The van der Waals surface area contributed by atoms with Gasteiger partial charge in [-0.3, -0.25) is 9.79 Å². The summed E-state index contributed by atoms with van der Waals surface area (Å²) in [4.78, 5) is 17.7. The Balaban J connectivity index is 1.99. The molecule has 0 spiro atoms. The van der Waals surface area contributed by atoms with Crippen molar-refractivity contribution in [2.75, 3.05) is 5.32 Å². The van der Waals surface area contributed by atoms with Crippen molar-refractivity contribution in [3.8, 4) is 16.9 Å². The zero-order valence-electron chi connectivity index (χ0n) is 20.6. The van der Waals surface area contributed by atoms with Gasteiger partial charge in [-0.1, -0.05) is 49.4 Å². The molecule has 0 heterocycles. The molecule has 0 saturated carbocycles. The Kier molecular flexibility index (Phi) is 8.70. The van der Waals surface area contributed by atoms with E-state index in [1.165, 1.54) is 43.3 Å². The molecule has 3 aromatic rings. The minimum Gasteiger partial charge on any atom is -0.434 e. The van der Waals surface area contributed by atoms with Crippen LogP contribution in [0, 0.1) is 0 Å². The molecular weight excluding hydrogens is 486 g/mol. The number of nitrogens with one attached hydrogen (secondary N) is 1. The summed E-state index contributed by atoms with van der Waals surface area (Å²) < 4.78 is 58.1. The van der Waals surface area contributed by atoms with Crippen LogP contribution in [0.4, 0.5) is 28.9 Å². The molecule has 3 rings (SSSR count). The zero-order chi connectivity index (χ0) is 27.2. The standard InChI is InChI=1S/C28H27F4N3O2/c1-4-23(25(17(2)33)26(36)35-20-12-8-11-19(15-20)28(3,31)32)34-21-13-14-24(37-27(29)30)22(16-21)18-9-6-5-7-10-18/h5-16,27H,4,33H2,1-3H3,(H,35,36). The molecule has 0 saturated heterocycles. The number of alkyl halides is 4. The fourth-order valence-corrected chi connectivity index (χ4v) is 3.70. The Morgan fingerprint density at radius 1 is 1.05 bits per heavy atom. The number of rotatable bonds is 9. The van der Waals surface area contributed by atoms with Crippen molar-refractivity contribution in [1.82, 2.24) is 0 Å². The van der Waals surface area contributed by atoms with Crippen LogP contribution in [0.3, 0.4) is 0 Å². The average Bonchev–Trinajstić information content (AvgIpc) is 2.84. The van der Waals surface area contributed by atoms with Crippen LogP contribution in [-0.4, -0.2) is 18.2 Å². The Labute approximate surface area is 212 Å². The summed E-state index contributed by atoms with van der Waals surface area (Å²) in [7, 11) is 0. The summed E-state index contributed by atoms with van der Waals surface area (Å²) in [5, 5.41) is 2.61. The van der Waals surface area contributed by atoms with Crippen LogP contribution in [0.1, 0.15) is 32.8 Å².